The minimum Gasteiger partial charge on any atom is -0.456 e. The van der Waals surface area contributed by atoms with Crippen LogP contribution in [0.1, 0.15) is 31.4 Å². The van der Waals surface area contributed by atoms with Crippen LogP contribution in [0.15, 0.2) is 42.5 Å². The Balaban J connectivity index is 1.42. The van der Waals surface area contributed by atoms with E-state index < -0.39 is 11.9 Å². The number of benzene rings is 2. The van der Waals surface area contributed by atoms with Crippen LogP contribution in [0.4, 0.5) is 4.79 Å². The summed E-state index contributed by atoms with van der Waals surface area (Å²) in [6.07, 6.45) is 0.311. The highest BCUT2D eigenvalue weighted by Gasteiger charge is 2.32. The minimum absolute atomic E-state index is 0.0208. The number of hydrogen-bond donors (Lipinski definition) is 1. The Morgan fingerprint density at radius 2 is 1.87 bits per heavy atom. The Morgan fingerprint density at radius 3 is 2.60 bits per heavy atom. The van der Waals surface area contributed by atoms with E-state index in [9.17, 15) is 19.2 Å². The normalized spacial score (nSPS) is 14.9. The van der Waals surface area contributed by atoms with Crippen molar-refractivity contribution in [2.24, 2.45) is 0 Å². The maximum absolute atomic E-state index is 12.2. The number of carbonyl (C=O) groups is 4. The van der Waals surface area contributed by atoms with Gasteiger partial charge in [-0.15, -0.1) is 0 Å². The summed E-state index contributed by atoms with van der Waals surface area (Å²) in [4.78, 5) is 49.9. The highest BCUT2D eigenvalue weighted by atomic mass is 16.5. The summed E-state index contributed by atoms with van der Waals surface area (Å²) in [7, 11) is 1.55. The number of hydrogen-bond acceptors (Lipinski definition) is 5. The molecule has 8 nitrogen and oxygen atoms in total. The summed E-state index contributed by atoms with van der Waals surface area (Å²) in [5, 5.41) is 4.99. The Bertz CT molecular complexity index is 969. The lowest BCUT2D eigenvalue weighted by molar-refractivity contribution is -0.149. The number of carbonyl (C=O) groups excluding carboxylic acids is 4. The van der Waals surface area contributed by atoms with Crippen molar-refractivity contribution < 1.29 is 23.9 Å². The summed E-state index contributed by atoms with van der Waals surface area (Å²) >= 11 is 0. The van der Waals surface area contributed by atoms with Gasteiger partial charge in [0.15, 0.2) is 6.61 Å². The monoisotopic (exact) mass is 411 g/mol. The van der Waals surface area contributed by atoms with Crippen LogP contribution in [0.25, 0.3) is 10.8 Å². The van der Waals surface area contributed by atoms with E-state index in [1.54, 1.807) is 7.05 Å². The Kier molecular flexibility index (Phi) is 6.66. The molecular formula is C22H25N3O5. The number of imide groups is 1. The van der Waals surface area contributed by atoms with Crippen molar-refractivity contribution in [1.29, 1.82) is 0 Å². The van der Waals surface area contributed by atoms with E-state index in [2.05, 4.69) is 5.32 Å². The molecule has 0 aromatic heterocycles. The van der Waals surface area contributed by atoms with E-state index >= 15 is 0 Å². The van der Waals surface area contributed by atoms with Crippen LogP contribution in [-0.4, -0.2) is 60.4 Å². The summed E-state index contributed by atoms with van der Waals surface area (Å²) in [5.74, 6) is -1.22. The van der Waals surface area contributed by atoms with E-state index in [1.165, 1.54) is 4.90 Å². The van der Waals surface area contributed by atoms with Crippen molar-refractivity contribution in [3.63, 3.8) is 0 Å². The molecule has 1 saturated heterocycles. The molecule has 1 fully saturated rings. The van der Waals surface area contributed by atoms with E-state index in [0.29, 0.717) is 0 Å². The first-order chi connectivity index (χ1) is 14.4. The van der Waals surface area contributed by atoms with Crippen molar-refractivity contribution >= 4 is 34.6 Å². The van der Waals surface area contributed by atoms with Gasteiger partial charge in [0.1, 0.15) is 6.54 Å². The molecule has 1 atom stereocenters. The van der Waals surface area contributed by atoms with E-state index in [1.807, 2.05) is 49.4 Å². The molecule has 4 amide bonds. The lowest BCUT2D eigenvalue weighted by Gasteiger charge is -2.17. The number of likely N-dealkylation sites (N-methyl/N-ethyl adjacent to an activating group) is 1. The van der Waals surface area contributed by atoms with Crippen LogP contribution in [0.5, 0.6) is 0 Å². The second-order valence-corrected chi connectivity index (χ2v) is 7.31. The fraction of sp³-hybridized carbons (Fsp3) is 0.364. The topological polar surface area (TPSA) is 96.0 Å². The smallest absolute Gasteiger partial charge is 0.326 e. The van der Waals surface area contributed by atoms with Gasteiger partial charge in [-0.25, -0.2) is 4.79 Å². The molecule has 2 aromatic rings. The van der Waals surface area contributed by atoms with Crippen LogP contribution in [0.2, 0.25) is 0 Å². The fourth-order valence-corrected chi connectivity index (χ4v) is 3.48. The fourth-order valence-electron chi connectivity index (χ4n) is 3.48. The summed E-state index contributed by atoms with van der Waals surface area (Å²) < 4.78 is 5.02. The zero-order chi connectivity index (χ0) is 21.7. The summed E-state index contributed by atoms with van der Waals surface area (Å²) in [5.41, 5.74) is 0.984. The number of ether oxygens (including phenoxy) is 1. The molecule has 0 aliphatic carbocycles. The van der Waals surface area contributed by atoms with Crippen molar-refractivity contribution in [2.75, 3.05) is 26.7 Å². The van der Waals surface area contributed by atoms with Gasteiger partial charge in [0.25, 0.3) is 5.91 Å². The maximum atomic E-state index is 12.2. The van der Waals surface area contributed by atoms with Crippen molar-refractivity contribution in [1.82, 2.24) is 15.1 Å². The van der Waals surface area contributed by atoms with Gasteiger partial charge in [-0.1, -0.05) is 42.5 Å². The molecule has 1 heterocycles. The molecule has 1 aliphatic rings. The first kappa shape index (κ1) is 21.3. The highest BCUT2D eigenvalue weighted by molar-refractivity contribution is 6.01. The molecule has 0 radical (unpaired) electrons. The van der Waals surface area contributed by atoms with E-state index in [0.717, 1.165) is 21.2 Å². The van der Waals surface area contributed by atoms with Crippen molar-refractivity contribution in [3.8, 4) is 0 Å². The molecule has 0 saturated carbocycles. The Morgan fingerprint density at radius 1 is 1.13 bits per heavy atom. The van der Waals surface area contributed by atoms with Gasteiger partial charge < -0.3 is 15.0 Å². The van der Waals surface area contributed by atoms with Gasteiger partial charge in [-0.3, -0.25) is 19.3 Å². The third-order valence-corrected chi connectivity index (χ3v) is 5.03. The van der Waals surface area contributed by atoms with Gasteiger partial charge in [0.05, 0.1) is 6.04 Å². The van der Waals surface area contributed by atoms with Crippen LogP contribution >= 0.6 is 0 Å². The zero-order valence-corrected chi connectivity index (χ0v) is 17.1. The van der Waals surface area contributed by atoms with Gasteiger partial charge in [-0.05, 0) is 29.7 Å². The average molecular weight is 411 g/mol. The van der Waals surface area contributed by atoms with Crippen LogP contribution in [-0.2, 0) is 19.1 Å². The standard InChI is InChI=1S/C22H25N3O5/c1-15(17-10-5-8-16-7-3-4-9-18(16)17)23-19(26)14-30-21(28)11-6-12-25-20(27)13-24(2)22(25)29/h3-5,7-10,15H,6,11-14H2,1-2H3,(H,23,26)/t15-/m1/s1. The number of esters is 1. The van der Waals surface area contributed by atoms with Gasteiger partial charge >= 0.3 is 12.0 Å². The van der Waals surface area contributed by atoms with E-state index in [4.69, 9.17) is 4.74 Å². The number of nitrogens with one attached hydrogen (secondary N) is 1. The second kappa shape index (κ2) is 9.39. The predicted octanol–water partition coefficient (Wildman–Crippen LogP) is 2.23. The molecule has 0 unspecified atom stereocenters. The zero-order valence-electron chi connectivity index (χ0n) is 17.1. The number of rotatable bonds is 8. The second-order valence-electron chi connectivity index (χ2n) is 7.31. The third-order valence-electron chi connectivity index (χ3n) is 5.03. The lowest BCUT2D eigenvalue weighted by Crippen LogP contribution is -2.33. The summed E-state index contributed by atoms with van der Waals surface area (Å²) in [6.45, 7) is 1.71. The molecule has 1 N–H and O–H groups in total. The molecule has 2 aromatic carbocycles. The number of amides is 4. The van der Waals surface area contributed by atoms with Gasteiger partial charge in [0.2, 0.25) is 5.91 Å². The molecule has 158 valence electrons. The predicted molar refractivity (Wildman–Crippen MR) is 110 cm³/mol. The summed E-state index contributed by atoms with van der Waals surface area (Å²) in [6, 6.07) is 13.2. The van der Waals surface area contributed by atoms with Crippen molar-refractivity contribution in [2.45, 2.75) is 25.8 Å². The lowest BCUT2D eigenvalue weighted by atomic mass is 10.00. The largest absolute Gasteiger partial charge is 0.456 e. The third kappa shape index (κ3) is 4.94. The number of urea groups is 1. The highest BCUT2D eigenvalue weighted by Crippen LogP contribution is 2.23. The van der Waals surface area contributed by atoms with Crippen LogP contribution in [0, 0.1) is 0 Å². The van der Waals surface area contributed by atoms with Gasteiger partial charge in [0, 0.05) is 20.0 Å². The van der Waals surface area contributed by atoms with Gasteiger partial charge in [-0.2, -0.15) is 0 Å². The molecular weight excluding hydrogens is 386 g/mol. The van der Waals surface area contributed by atoms with E-state index in [-0.39, 0.29) is 50.5 Å². The van der Waals surface area contributed by atoms with Crippen LogP contribution < -0.4 is 5.32 Å². The minimum atomic E-state index is -0.546. The molecule has 0 spiro atoms. The quantitative estimate of drug-likeness (QED) is 0.531. The average Bonchev–Trinajstić information content (AvgIpc) is 2.97. The van der Waals surface area contributed by atoms with Crippen molar-refractivity contribution in [3.05, 3.63) is 48.0 Å². The molecule has 1 aliphatic heterocycles. The number of fused-ring (bicyclic) bond motifs is 1. The molecule has 0 bridgehead atoms. The Labute approximate surface area is 174 Å². The Hall–Kier alpha value is -3.42. The maximum Gasteiger partial charge on any atom is 0.326 e. The molecule has 30 heavy (non-hydrogen) atoms. The van der Waals surface area contributed by atoms with Crippen LogP contribution in [0.3, 0.4) is 0 Å². The number of nitrogens with zero attached hydrogens (tertiary/aromatic N) is 2. The first-order valence-electron chi connectivity index (χ1n) is 9.85. The molecule has 3 rings (SSSR count). The molecule has 8 heteroatoms. The SMILES string of the molecule is C[C@@H](NC(=O)COC(=O)CCCN1C(=O)CN(C)C1=O)c1cccc2ccccc12. The first-order valence-corrected chi connectivity index (χ1v) is 9.85.